The molecule has 6 nitrogen and oxygen atoms in total. The highest BCUT2D eigenvalue weighted by Gasteiger charge is 2.80. The van der Waals surface area contributed by atoms with E-state index >= 15 is 0 Å². The minimum atomic E-state index is -4.64. The summed E-state index contributed by atoms with van der Waals surface area (Å²) in [4.78, 5) is 0. The molecule has 3 fully saturated rings. The van der Waals surface area contributed by atoms with Gasteiger partial charge in [-0.1, -0.05) is 31.9 Å². The first-order chi connectivity index (χ1) is 15.1. The first kappa shape index (κ1) is 22.1. The molecule has 0 amide bonds. The number of hydrogen-bond donors (Lipinski definition) is 1. The Kier molecular flexibility index (Phi) is 4.99. The van der Waals surface area contributed by atoms with E-state index in [9.17, 15) is 29.0 Å². The predicted octanol–water partition coefficient (Wildman–Crippen LogP) is 5.24. The molecule has 1 N–H and O–H groups in total. The van der Waals surface area contributed by atoms with Crippen LogP contribution < -0.4 is 0 Å². The zero-order valence-corrected chi connectivity index (χ0v) is 17.4. The van der Waals surface area contributed by atoms with Gasteiger partial charge < -0.3 is 9.47 Å². The van der Waals surface area contributed by atoms with Gasteiger partial charge >= 0.3 is 6.18 Å². The molecule has 1 aliphatic carbocycles. The van der Waals surface area contributed by atoms with Crippen molar-refractivity contribution >= 4 is 5.90 Å². The Labute approximate surface area is 183 Å². The summed E-state index contributed by atoms with van der Waals surface area (Å²) in [5.74, 6) is -2.46. The Morgan fingerprint density at radius 3 is 2.50 bits per heavy atom. The Bertz CT molecular complexity index is 1070. The van der Waals surface area contributed by atoms with E-state index < -0.39 is 46.3 Å². The number of benzene rings is 1. The zero-order chi connectivity index (χ0) is 23.4. The maximum Gasteiger partial charge on any atom is 0.416 e. The third-order valence-corrected chi connectivity index (χ3v) is 7.23. The number of rotatable bonds is 3. The minimum absolute atomic E-state index is 0.0469. The summed E-state index contributed by atoms with van der Waals surface area (Å²) in [6.45, 7) is 2.04. The summed E-state index contributed by atoms with van der Waals surface area (Å²) in [6, 6.07) is 10.1. The number of nitrogens with zero attached hydrogens (tertiary/aromatic N) is 3. The maximum atomic E-state index is 13.4. The van der Waals surface area contributed by atoms with Crippen LogP contribution in [0.2, 0.25) is 0 Å². The molecule has 0 aromatic heterocycles. The van der Waals surface area contributed by atoms with Crippen LogP contribution >= 0.6 is 0 Å². The van der Waals surface area contributed by atoms with E-state index in [1.165, 1.54) is 12.1 Å². The summed E-state index contributed by atoms with van der Waals surface area (Å²) in [5.41, 5.74) is -5.19. The fourth-order valence-corrected chi connectivity index (χ4v) is 5.77. The van der Waals surface area contributed by atoms with E-state index in [0.717, 1.165) is 25.0 Å². The second-order valence-corrected chi connectivity index (χ2v) is 8.80. The van der Waals surface area contributed by atoms with E-state index in [1.807, 2.05) is 19.1 Å². The summed E-state index contributed by atoms with van der Waals surface area (Å²) < 4.78 is 52.1. The van der Waals surface area contributed by atoms with Gasteiger partial charge in [0, 0.05) is 6.42 Å². The van der Waals surface area contributed by atoms with Crippen molar-refractivity contribution in [2.45, 2.75) is 57.1 Å². The molecule has 2 aliphatic heterocycles. The van der Waals surface area contributed by atoms with Gasteiger partial charge in [-0.25, -0.2) is 0 Å². The van der Waals surface area contributed by atoms with Crippen LogP contribution in [-0.4, -0.2) is 11.7 Å². The van der Waals surface area contributed by atoms with Crippen LogP contribution in [0.15, 0.2) is 24.3 Å². The van der Waals surface area contributed by atoms with Crippen molar-refractivity contribution in [3.63, 3.8) is 0 Å². The zero-order valence-electron chi connectivity index (χ0n) is 17.4. The number of alkyl halides is 3. The molecule has 2 heterocycles. The molecule has 1 aromatic rings. The van der Waals surface area contributed by atoms with Crippen LogP contribution in [0.25, 0.3) is 0 Å². The fourth-order valence-electron chi connectivity index (χ4n) is 5.77. The van der Waals surface area contributed by atoms with Gasteiger partial charge in [0.05, 0.1) is 29.7 Å². The second-order valence-electron chi connectivity index (χ2n) is 8.80. The van der Waals surface area contributed by atoms with E-state index in [0.29, 0.717) is 19.3 Å². The molecule has 166 valence electrons. The third-order valence-electron chi connectivity index (χ3n) is 7.23. The van der Waals surface area contributed by atoms with Crippen molar-refractivity contribution in [3.8, 4) is 18.2 Å². The number of halogens is 3. The SMILES string of the molecule is CCCC1CCC23OC(=N)C(C#N)(C2C1)C(C#N)(C#N)C(c1cccc(C(F)(F)F)c1)O3. The van der Waals surface area contributed by atoms with Gasteiger partial charge in [0.15, 0.2) is 5.41 Å². The lowest BCUT2D eigenvalue weighted by Crippen LogP contribution is -2.61. The molecule has 5 atom stereocenters. The smallest absolute Gasteiger partial charge is 0.416 e. The van der Waals surface area contributed by atoms with Crippen molar-refractivity contribution in [1.29, 1.82) is 21.2 Å². The Morgan fingerprint density at radius 1 is 1.19 bits per heavy atom. The van der Waals surface area contributed by atoms with Crippen LogP contribution in [0, 0.1) is 62.1 Å². The van der Waals surface area contributed by atoms with Gasteiger partial charge in [0.1, 0.15) is 6.10 Å². The van der Waals surface area contributed by atoms with Gasteiger partial charge in [-0.15, -0.1) is 0 Å². The largest absolute Gasteiger partial charge is 0.447 e. The van der Waals surface area contributed by atoms with E-state index in [4.69, 9.17) is 14.9 Å². The van der Waals surface area contributed by atoms with Gasteiger partial charge in [-0.2, -0.15) is 29.0 Å². The van der Waals surface area contributed by atoms with Gasteiger partial charge in [0.2, 0.25) is 17.1 Å². The van der Waals surface area contributed by atoms with Crippen LogP contribution in [-0.2, 0) is 15.7 Å². The quantitative estimate of drug-likeness (QED) is 0.688. The monoisotopic (exact) mass is 442 g/mol. The molecule has 0 spiro atoms. The van der Waals surface area contributed by atoms with E-state index in [-0.39, 0.29) is 11.5 Å². The highest BCUT2D eigenvalue weighted by Crippen LogP contribution is 2.70. The van der Waals surface area contributed by atoms with Crippen molar-refractivity contribution in [2.75, 3.05) is 0 Å². The lowest BCUT2D eigenvalue weighted by atomic mass is 9.50. The Hall–Kier alpha value is -3.09. The minimum Gasteiger partial charge on any atom is -0.447 e. The maximum absolute atomic E-state index is 13.4. The lowest BCUT2D eigenvalue weighted by molar-refractivity contribution is -0.299. The topological polar surface area (TPSA) is 114 Å². The molecule has 1 aromatic carbocycles. The average Bonchev–Trinajstić information content (AvgIpc) is 2.97. The molecule has 3 aliphatic rings. The van der Waals surface area contributed by atoms with Gasteiger partial charge in [-0.3, -0.25) is 5.41 Å². The van der Waals surface area contributed by atoms with Crippen molar-refractivity contribution in [1.82, 2.24) is 0 Å². The molecule has 32 heavy (non-hydrogen) atoms. The van der Waals surface area contributed by atoms with Gasteiger partial charge in [-0.05, 0) is 36.5 Å². The van der Waals surface area contributed by atoms with Crippen molar-refractivity contribution < 1.29 is 22.6 Å². The van der Waals surface area contributed by atoms with Crippen molar-refractivity contribution in [2.24, 2.45) is 22.7 Å². The summed E-state index contributed by atoms with van der Waals surface area (Å²) in [7, 11) is 0. The molecular weight excluding hydrogens is 421 g/mol. The van der Waals surface area contributed by atoms with Gasteiger partial charge in [0.25, 0.3) is 0 Å². The number of nitrogens with one attached hydrogen (secondary N) is 1. The molecule has 0 radical (unpaired) electrons. The normalized spacial score (nSPS) is 35.0. The lowest BCUT2D eigenvalue weighted by Gasteiger charge is -2.52. The standard InChI is InChI=1S/C23H21F3N4O2/c1-2-4-14-7-8-22-17(9-14)21(13-29,19(30)32-22)20(11-27,12-28)18(31-22)15-5-3-6-16(10-15)23(24,25)26/h3,5-6,10,14,17-18,30H,2,4,7-9H2,1H3. The predicted molar refractivity (Wildman–Crippen MR) is 104 cm³/mol. The van der Waals surface area contributed by atoms with E-state index in [1.54, 1.807) is 0 Å². The summed E-state index contributed by atoms with van der Waals surface area (Å²) in [5, 5.41) is 39.3. The number of ether oxygens (including phenoxy) is 2. The molecule has 2 bridgehead atoms. The first-order valence-electron chi connectivity index (χ1n) is 10.5. The molecule has 1 saturated carbocycles. The Balaban J connectivity index is 1.92. The highest BCUT2D eigenvalue weighted by atomic mass is 19.4. The summed E-state index contributed by atoms with van der Waals surface area (Å²) in [6.07, 6.45) is -2.87. The van der Waals surface area contributed by atoms with Crippen LogP contribution in [0.4, 0.5) is 13.2 Å². The first-order valence-corrected chi connectivity index (χ1v) is 10.5. The molecular formula is C23H21F3N4O2. The highest BCUT2D eigenvalue weighted by molar-refractivity contribution is 5.89. The second kappa shape index (κ2) is 7.22. The van der Waals surface area contributed by atoms with Crippen LogP contribution in [0.1, 0.15) is 56.3 Å². The molecule has 9 heteroatoms. The van der Waals surface area contributed by atoms with Crippen LogP contribution in [0.3, 0.4) is 0 Å². The third kappa shape index (κ3) is 2.69. The molecule has 2 saturated heterocycles. The Morgan fingerprint density at radius 2 is 1.91 bits per heavy atom. The molecule has 5 unspecified atom stereocenters. The number of nitriles is 3. The molecule has 4 rings (SSSR count). The van der Waals surface area contributed by atoms with E-state index in [2.05, 4.69) is 6.07 Å². The summed E-state index contributed by atoms with van der Waals surface area (Å²) >= 11 is 0. The van der Waals surface area contributed by atoms with Crippen LogP contribution in [0.5, 0.6) is 0 Å². The number of hydrogen-bond acceptors (Lipinski definition) is 6. The fraction of sp³-hybridized carbons (Fsp3) is 0.565. The van der Waals surface area contributed by atoms with Crippen molar-refractivity contribution in [3.05, 3.63) is 35.4 Å². The average molecular weight is 442 g/mol.